The van der Waals surface area contributed by atoms with Crippen LogP contribution in [0.4, 0.5) is 9.18 Å². The number of nitrogens with one attached hydrogen (secondary N) is 1. The number of amides is 4. The zero-order valence-electron chi connectivity index (χ0n) is 14.9. The maximum absolute atomic E-state index is 14.2. The number of hydrogen-bond donors (Lipinski definition) is 1. The second kappa shape index (κ2) is 7.14. The van der Waals surface area contributed by atoms with Crippen molar-refractivity contribution in [1.29, 1.82) is 0 Å². The Balaban J connectivity index is 1.49. The summed E-state index contributed by atoms with van der Waals surface area (Å²) < 4.78 is 14.2. The second-order valence-corrected chi connectivity index (χ2v) is 8.48. The molecule has 1 saturated carbocycles. The van der Waals surface area contributed by atoms with Crippen LogP contribution in [-0.2, 0) is 9.59 Å². The zero-order chi connectivity index (χ0) is 19.0. The molecule has 6 nitrogen and oxygen atoms in total. The highest BCUT2D eigenvalue weighted by Gasteiger charge is 2.52. The first-order valence-corrected chi connectivity index (χ1v) is 10.4. The zero-order valence-corrected chi connectivity index (χ0v) is 15.8. The van der Waals surface area contributed by atoms with E-state index in [-0.39, 0.29) is 24.2 Å². The number of hydrogen-bond acceptors (Lipinski definition) is 4. The van der Waals surface area contributed by atoms with Gasteiger partial charge in [-0.1, -0.05) is 37.5 Å². The van der Waals surface area contributed by atoms with Crippen LogP contribution < -0.4 is 5.32 Å². The van der Waals surface area contributed by atoms with Crippen LogP contribution in [0.3, 0.4) is 0 Å². The van der Waals surface area contributed by atoms with Crippen molar-refractivity contribution >= 4 is 29.6 Å². The SMILES string of the molecule is O=C1NC2(CCCCC2)C(=O)N1CC(=O)N1CCS[C@@H]1c1ccccc1F. The Morgan fingerprint density at radius 2 is 1.96 bits per heavy atom. The predicted octanol–water partition coefficient (Wildman–Crippen LogP) is 2.65. The van der Waals surface area contributed by atoms with E-state index >= 15 is 0 Å². The van der Waals surface area contributed by atoms with Crippen molar-refractivity contribution in [3.05, 3.63) is 35.6 Å². The molecule has 0 radical (unpaired) electrons. The van der Waals surface area contributed by atoms with Crippen LogP contribution in [0, 0.1) is 5.82 Å². The molecule has 1 aromatic carbocycles. The Morgan fingerprint density at radius 3 is 2.70 bits per heavy atom. The maximum atomic E-state index is 14.2. The van der Waals surface area contributed by atoms with E-state index in [0.717, 1.165) is 24.2 Å². The lowest BCUT2D eigenvalue weighted by Crippen LogP contribution is -2.49. The molecule has 27 heavy (non-hydrogen) atoms. The lowest BCUT2D eigenvalue weighted by Gasteiger charge is -2.30. The molecule has 1 aliphatic carbocycles. The van der Waals surface area contributed by atoms with Crippen molar-refractivity contribution < 1.29 is 18.8 Å². The van der Waals surface area contributed by atoms with Crippen molar-refractivity contribution in [3.63, 3.8) is 0 Å². The van der Waals surface area contributed by atoms with Gasteiger partial charge in [0, 0.05) is 17.9 Å². The topological polar surface area (TPSA) is 69.7 Å². The number of urea groups is 1. The number of thioether (sulfide) groups is 1. The van der Waals surface area contributed by atoms with Gasteiger partial charge in [-0.15, -0.1) is 11.8 Å². The van der Waals surface area contributed by atoms with E-state index in [1.54, 1.807) is 23.1 Å². The third kappa shape index (κ3) is 3.20. The summed E-state index contributed by atoms with van der Waals surface area (Å²) in [6.45, 7) is 0.176. The van der Waals surface area contributed by atoms with Gasteiger partial charge in [-0.2, -0.15) is 0 Å². The van der Waals surface area contributed by atoms with Crippen LogP contribution in [-0.4, -0.2) is 52.0 Å². The molecule has 1 aromatic rings. The van der Waals surface area contributed by atoms with Gasteiger partial charge in [-0.25, -0.2) is 9.18 Å². The van der Waals surface area contributed by atoms with E-state index in [9.17, 15) is 18.8 Å². The Bertz CT molecular complexity index is 781. The maximum Gasteiger partial charge on any atom is 0.325 e. The molecule has 3 fully saturated rings. The van der Waals surface area contributed by atoms with E-state index < -0.39 is 16.9 Å². The van der Waals surface area contributed by atoms with Crippen LogP contribution in [0.5, 0.6) is 0 Å². The highest BCUT2D eigenvalue weighted by molar-refractivity contribution is 7.99. The predicted molar refractivity (Wildman–Crippen MR) is 99.4 cm³/mol. The van der Waals surface area contributed by atoms with Crippen molar-refractivity contribution in [2.24, 2.45) is 0 Å². The Morgan fingerprint density at radius 1 is 1.22 bits per heavy atom. The number of benzene rings is 1. The van der Waals surface area contributed by atoms with E-state index in [0.29, 0.717) is 30.7 Å². The summed E-state index contributed by atoms with van der Waals surface area (Å²) in [4.78, 5) is 40.7. The van der Waals surface area contributed by atoms with Crippen molar-refractivity contribution in [2.75, 3.05) is 18.8 Å². The van der Waals surface area contributed by atoms with Crippen molar-refractivity contribution in [1.82, 2.24) is 15.1 Å². The number of halogens is 1. The van der Waals surface area contributed by atoms with Gasteiger partial charge in [-0.3, -0.25) is 14.5 Å². The number of nitrogens with zero attached hydrogens (tertiary/aromatic N) is 2. The molecule has 0 unspecified atom stereocenters. The minimum atomic E-state index is -0.833. The minimum absolute atomic E-state index is 0.294. The fraction of sp³-hybridized carbons (Fsp3) is 0.526. The summed E-state index contributed by atoms with van der Waals surface area (Å²) in [6, 6.07) is 5.90. The van der Waals surface area contributed by atoms with Gasteiger partial charge in [0.1, 0.15) is 23.3 Å². The molecule has 0 aromatic heterocycles. The second-order valence-electron chi connectivity index (χ2n) is 7.30. The molecule has 2 aliphatic heterocycles. The van der Waals surface area contributed by atoms with E-state index in [4.69, 9.17) is 0 Å². The van der Waals surface area contributed by atoms with Crippen LogP contribution in [0.15, 0.2) is 24.3 Å². The van der Waals surface area contributed by atoms with Crippen molar-refractivity contribution in [2.45, 2.75) is 43.0 Å². The van der Waals surface area contributed by atoms with Gasteiger partial charge in [0.05, 0.1) is 0 Å². The van der Waals surface area contributed by atoms with Gasteiger partial charge < -0.3 is 10.2 Å². The monoisotopic (exact) mass is 391 g/mol. The molecule has 2 heterocycles. The van der Waals surface area contributed by atoms with Gasteiger partial charge in [0.25, 0.3) is 5.91 Å². The summed E-state index contributed by atoms with van der Waals surface area (Å²) in [7, 11) is 0. The van der Waals surface area contributed by atoms with Crippen molar-refractivity contribution in [3.8, 4) is 0 Å². The summed E-state index contributed by atoms with van der Waals surface area (Å²) in [6.07, 6.45) is 4.09. The third-order valence-corrected chi connectivity index (χ3v) is 6.87. The number of imide groups is 1. The largest absolute Gasteiger partial charge is 0.325 e. The van der Waals surface area contributed by atoms with Crippen LogP contribution in [0.25, 0.3) is 0 Å². The van der Waals surface area contributed by atoms with Crippen LogP contribution >= 0.6 is 11.8 Å². The number of rotatable bonds is 3. The quantitative estimate of drug-likeness (QED) is 0.805. The molecule has 8 heteroatoms. The fourth-order valence-corrected chi connectivity index (χ4v) is 5.50. The number of carbonyl (C=O) groups excluding carboxylic acids is 3. The molecule has 3 aliphatic rings. The summed E-state index contributed by atoms with van der Waals surface area (Å²) in [5.41, 5.74) is -0.380. The van der Waals surface area contributed by atoms with E-state index in [1.807, 2.05) is 0 Å². The van der Waals surface area contributed by atoms with Gasteiger partial charge in [-0.05, 0) is 18.9 Å². The summed E-state index contributed by atoms with van der Waals surface area (Å²) in [5.74, 6) is -0.292. The Hall–Kier alpha value is -2.09. The smallest absolute Gasteiger partial charge is 0.324 e. The van der Waals surface area contributed by atoms with Gasteiger partial charge in [0.2, 0.25) is 5.91 Å². The molecule has 4 amide bonds. The highest BCUT2D eigenvalue weighted by atomic mass is 32.2. The molecule has 1 atom stereocenters. The standard InChI is InChI=1S/C19H22FN3O3S/c20-14-7-3-2-6-13(14)16-22(10-11-27-16)15(24)12-23-17(25)19(21-18(23)26)8-4-1-5-9-19/h2-3,6-7,16H,1,4-5,8-12H2,(H,21,26)/t16-/m1/s1. The molecular weight excluding hydrogens is 369 g/mol. The molecule has 0 bridgehead atoms. The molecule has 144 valence electrons. The average molecular weight is 391 g/mol. The number of carbonyl (C=O) groups is 3. The molecule has 1 N–H and O–H groups in total. The highest BCUT2D eigenvalue weighted by Crippen LogP contribution is 2.39. The van der Waals surface area contributed by atoms with Gasteiger partial charge in [0.15, 0.2) is 0 Å². The van der Waals surface area contributed by atoms with Crippen LogP contribution in [0.1, 0.15) is 43.0 Å². The molecule has 4 rings (SSSR count). The first-order valence-electron chi connectivity index (χ1n) is 9.31. The lowest BCUT2D eigenvalue weighted by atomic mass is 9.82. The molecular formula is C19H22FN3O3S. The Kier molecular flexibility index (Phi) is 4.84. The minimum Gasteiger partial charge on any atom is -0.324 e. The van der Waals surface area contributed by atoms with Crippen LogP contribution in [0.2, 0.25) is 0 Å². The van der Waals surface area contributed by atoms with E-state index in [2.05, 4.69) is 5.32 Å². The van der Waals surface area contributed by atoms with Gasteiger partial charge >= 0.3 is 6.03 Å². The average Bonchev–Trinajstić information content (AvgIpc) is 3.23. The normalized spacial score (nSPS) is 24.6. The first kappa shape index (κ1) is 18.3. The fourth-order valence-electron chi connectivity index (χ4n) is 4.20. The molecule has 1 spiro atoms. The third-order valence-electron chi connectivity index (χ3n) is 5.63. The Labute approximate surface area is 161 Å². The summed E-state index contributed by atoms with van der Waals surface area (Å²) in [5, 5.41) is 2.39. The lowest BCUT2D eigenvalue weighted by molar-refractivity contribution is -0.139. The first-order chi connectivity index (χ1) is 13.0. The van der Waals surface area contributed by atoms with E-state index in [1.165, 1.54) is 17.8 Å². The molecule has 2 saturated heterocycles. The summed E-state index contributed by atoms with van der Waals surface area (Å²) >= 11 is 1.49.